The smallest absolute Gasteiger partial charge is 0.276 e. The third-order valence-electron chi connectivity index (χ3n) is 5.99. The van der Waals surface area contributed by atoms with Crippen molar-refractivity contribution in [3.63, 3.8) is 0 Å². The lowest BCUT2D eigenvalue weighted by Crippen LogP contribution is -2.44. The maximum atomic E-state index is 12.9. The highest BCUT2D eigenvalue weighted by Gasteiger charge is 2.36. The van der Waals surface area contributed by atoms with Gasteiger partial charge < -0.3 is 20.7 Å². The molecule has 4 amide bonds. The van der Waals surface area contributed by atoms with Crippen LogP contribution in [0.25, 0.3) is 11.3 Å². The number of carbonyl (C=O) groups is 4. The van der Waals surface area contributed by atoms with Crippen LogP contribution in [0, 0.1) is 6.42 Å². The van der Waals surface area contributed by atoms with Crippen molar-refractivity contribution in [2.24, 2.45) is 5.73 Å². The molecule has 0 bridgehead atoms. The Morgan fingerprint density at radius 2 is 1.84 bits per heavy atom. The lowest BCUT2D eigenvalue weighted by molar-refractivity contribution is -0.142. The minimum Gasteiger partial charge on any atom is -0.366 e. The van der Waals surface area contributed by atoms with Crippen LogP contribution in [0.1, 0.15) is 39.1 Å². The van der Waals surface area contributed by atoms with E-state index >= 15 is 0 Å². The fraction of sp³-hybridized carbons (Fsp3) is 0.231. The van der Waals surface area contributed by atoms with Gasteiger partial charge in [0.15, 0.2) is 5.13 Å². The van der Waals surface area contributed by atoms with Gasteiger partial charge in [-0.05, 0) is 36.6 Å². The molecule has 1 aliphatic heterocycles. The molecule has 0 spiro atoms. The van der Waals surface area contributed by atoms with Gasteiger partial charge >= 0.3 is 0 Å². The second-order valence-corrected chi connectivity index (χ2v) is 9.56. The van der Waals surface area contributed by atoms with Crippen molar-refractivity contribution in [3.05, 3.63) is 77.0 Å². The number of hydrogen-bond donors (Lipinski definition) is 3. The summed E-state index contributed by atoms with van der Waals surface area (Å²) in [5.74, 6) is -1.75. The highest BCUT2D eigenvalue weighted by molar-refractivity contribution is 7.14. The van der Waals surface area contributed by atoms with Gasteiger partial charge in [-0.1, -0.05) is 30.3 Å². The molecule has 189 valence electrons. The molecular weight excluding hydrogens is 494 g/mol. The number of nitrogens with zero attached hydrogens (tertiary/aromatic N) is 2. The number of rotatable bonds is 8. The lowest BCUT2D eigenvalue weighted by atomic mass is 10.0. The summed E-state index contributed by atoms with van der Waals surface area (Å²) in [6.07, 6.45) is 2.18. The summed E-state index contributed by atoms with van der Waals surface area (Å²) in [5, 5.41) is 7.80. The molecule has 5 rings (SSSR count). The average molecular weight is 519 g/mol. The van der Waals surface area contributed by atoms with E-state index in [1.807, 2.05) is 12.1 Å². The molecule has 2 fully saturated rings. The van der Waals surface area contributed by atoms with Crippen molar-refractivity contribution >= 4 is 40.1 Å². The Kier molecular flexibility index (Phi) is 6.97. The van der Waals surface area contributed by atoms with E-state index in [-0.39, 0.29) is 30.7 Å². The zero-order valence-corrected chi connectivity index (χ0v) is 20.5. The monoisotopic (exact) mass is 518 g/mol. The van der Waals surface area contributed by atoms with Crippen LogP contribution in [0.2, 0.25) is 0 Å². The predicted molar refractivity (Wildman–Crippen MR) is 136 cm³/mol. The van der Waals surface area contributed by atoms with Crippen LogP contribution >= 0.6 is 11.3 Å². The Hall–Kier alpha value is -4.09. The minimum absolute atomic E-state index is 0.0914. The summed E-state index contributed by atoms with van der Waals surface area (Å²) in [4.78, 5) is 55.4. The predicted octanol–water partition coefficient (Wildman–Crippen LogP) is 2.18. The second kappa shape index (κ2) is 10.5. The Morgan fingerprint density at radius 3 is 2.57 bits per heavy atom. The van der Waals surface area contributed by atoms with E-state index < -0.39 is 23.9 Å². The summed E-state index contributed by atoms with van der Waals surface area (Å²) in [7, 11) is 0. The Morgan fingerprint density at radius 1 is 1.08 bits per heavy atom. The molecule has 2 aromatic carbocycles. The van der Waals surface area contributed by atoms with Crippen LogP contribution < -0.4 is 16.4 Å². The van der Waals surface area contributed by atoms with Gasteiger partial charge in [-0.25, -0.2) is 4.98 Å². The van der Waals surface area contributed by atoms with Gasteiger partial charge in [0.2, 0.25) is 18.0 Å². The molecule has 1 aliphatic carbocycles. The first kappa shape index (κ1) is 24.6. The minimum atomic E-state index is -1.14. The number of amides is 4. The molecule has 2 aliphatic rings. The van der Waals surface area contributed by atoms with Crippen LogP contribution in [0.4, 0.5) is 5.13 Å². The van der Waals surface area contributed by atoms with Gasteiger partial charge in [0.05, 0.1) is 18.7 Å². The number of benzene rings is 2. The molecule has 1 saturated heterocycles. The maximum Gasteiger partial charge on any atom is 0.276 e. The molecule has 1 atom stereocenters. The number of aromatic nitrogens is 1. The number of nitrogens with one attached hydrogen (secondary N) is 2. The van der Waals surface area contributed by atoms with E-state index in [0.717, 1.165) is 18.4 Å². The highest BCUT2D eigenvalue weighted by atomic mass is 32.1. The summed E-state index contributed by atoms with van der Waals surface area (Å²) in [6.45, 7) is 0.412. The molecule has 4 N–H and O–H groups in total. The molecule has 2 heterocycles. The van der Waals surface area contributed by atoms with Crippen molar-refractivity contribution in [2.45, 2.75) is 25.1 Å². The van der Waals surface area contributed by atoms with Gasteiger partial charge in [0.25, 0.3) is 11.8 Å². The van der Waals surface area contributed by atoms with Gasteiger partial charge in [0.1, 0.15) is 0 Å². The van der Waals surface area contributed by atoms with Crippen LogP contribution in [-0.4, -0.2) is 58.9 Å². The van der Waals surface area contributed by atoms with E-state index in [1.165, 1.54) is 28.7 Å². The lowest BCUT2D eigenvalue weighted by Gasteiger charge is -2.22. The molecule has 3 aromatic rings. The number of carbonyl (C=O) groups excluding carboxylic acids is 4. The topological polar surface area (TPSA) is 144 Å². The normalized spacial score (nSPS) is 16.9. The summed E-state index contributed by atoms with van der Waals surface area (Å²) >= 11 is 1.24. The molecule has 37 heavy (non-hydrogen) atoms. The molecule has 10 nitrogen and oxygen atoms in total. The van der Waals surface area contributed by atoms with Crippen molar-refractivity contribution in [3.8, 4) is 11.3 Å². The van der Waals surface area contributed by atoms with E-state index in [4.69, 9.17) is 10.5 Å². The number of hydrogen-bond acceptors (Lipinski definition) is 7. The quantitative estimate of drug-likeness (QED) is 0.417. The third kappa shape index (κ3) is 5.68. The van der Waals surface area contributed by atoms with Gasteiger partial charge in [0, 0.05) is 34.7 Å². The van der Waals surface area contributed by atoms with E-state index in [2.05, 4.69) is 15.6 Å². The summed E-state index contributed by atoms with van der Waals surface area (Å²) < 4.78 is 5.52. The average Bonchev–Trinajstić information content (AvgIpc) is 3.36. The zero-order chi connectivity index (χ0) is 25.9. The van der Waals surface area contributed by atoms with Crippen molar-refractivity contribution < 1.29 is 23.9 Å². The second-order valence-electron chi connectivity index (χ2n) is 8.70. The number of ether oxygens (including phenoxy) is 1. The first-order valence-electron chi connectivity index (χ1n) is 11.7. The fourth-order valence-electron chi connectivity index (χ4n) is 3.90. The first-order chi connectivity index (χ1) is 17.9. The van der Waals surface area contributed by atoms with E-state index in [0.29, 0.717) is 22.0 Å². The standard InChI is InChI=1S/C26H24N5O5S/c27-22(33)19-4-2-1-3-17(19)13-21(32)31-11-12-36-25(31)24(35)30-26-29-20(14-37-26)15-5-7-16(8-6-15)23(34)28-18-9-10-18/h1-8,13-14,18,25H,9-12H2,(H2,27,33)(H,28,34)(H,29,30,35)/t25-/m0/s1. The van der Waals surface area contributed by atoms with E-state index in [9.17, 15) is 19.2 Å². The highest BCUT2D eigenvalue weighted by Crippen LogP contribution is 2.26. The molecular formula is C26H24N5O5S. The largest absolute Gasteiger partial charge is 0.366 e. The Bertz CT molecular complexity index is 1350. The summed E-state index contributed by atoms with van der Waals surface area (Å²) in [5.41, 5.74) is 8.00. The molecule has 0 unspecified atom stereocenters. The molecule has 1 radical (unpaired) electrons. The van der Waals surface area contributed by atoms with Crippen LogP contribution in [-0.2, 0) is 14.3 Å². The fourth-order valence-corrected chi connectivity index (χ4v) is 4.62. The third-order valence-corrected chi connectivity index (χ3v) is 6.75. The van der Waals surface area contributed by atoms with E-state index in [1.54, 1.807) is 35.7 Å². The van der Waals surface area contributed by atoms with Crippen molar-refractivity contribution in [2.75, 3.05) is 18.5 Å². The van der Waals surface area contributed by atoms with Crippen LogP contribution in [0.5, 0.6) is 0 Å². The first-order valence-corrected chi connectivity index (χ1v) is 12.6. The number of primary amides is 1. The maximum absolute atomic E-state index is 12.9. The zero-order valence-electron chi connectivity index (χ0n) is 19.7. The SMILES string of the molecule is NC(=O)c1ccccc1[CH]C(=O)N1CCO[C@H]1C(=O)Nc1nc(-c2ccc(C(=O)NC3CC3)cc2)cs1. The van der Waals surface area contributed by atoms with Crippen molar-refractivity contribution in [1.82, 2.24) is 15.2 Å². The van der Waals surface area contributed by atoms with Crippen molar-refractivity contribution in [1.29, 1.82) is 0 Å². The number of thiazole rings is 1. The molecule has 1 aromatic heterocycles. The van der Waals surface area contributed by atoms with Gasteiger partial charge in [-0.15, -0.1) is 11.3 Å². The van der Waals surface area contributed by atoms with Crippen LogP contribution in [0.3, 0.4) is 0 Å². The number of anilines is 1. The molecule has 1 saturated carbocycles. The Balaban J connectivity index is 1.21. The Labute approximate surface area is 216 Å². The van der Waals surface area contributed by atoms with Gasteiger partial charge in [-0.3, -0.25) is 24.5 Å². The van der Waals surface area contributed by atoms with Gasteiger partial charge in [-0.2, -0.15) is 0 Å². The van der Waals surface area contributed by atoms with Crippen LogP contribution in [0.15, 0.2) is 53.9 Å². The molecule has 11 heteroatoms. The summed E-state index contributed by atoms with van der Waals surface area (Å²) in [6, 6.07) is 13.9. The number of nitrogens with two attached hydrogens (primary N) is 1.